The van der Waals surface area contributed by atoms with Crippen LogP contribution in [0.4, 0.5) is 0 Å². The second-order valence-corrected chi connectivity index (χ2v) is 34.2. The van der Waals surface area contributed by atoms with Crippen molar-refractivity contribution >= 4 is 72.9 Å². The third kappa shape index (κ3) is 76.5. The van der Waals surface area contributed by atoms with Crippen LogP contribution in [0.2, 0.25) is 0 Å². The fraction of sp³-hybridized carbons (Fsp3) is 0.925. The van der Waals surface area contributed by atoms with Gasteiger partial charge in [0.1, 0.15) is 13.2 Å². The average Bonchev–Trinajstić information content (AvgIpc) is 0.923. The maximum absolute atomic E-state index is 12.9. The Balaban J connectivity index is 4.80. The second-order valence-electron chi connectivity index (χ2n) is 28.6. The fourth-order valence-electron chi connectivity index (χ4n) is 12.1. The smallest absolute Gasteiger partial charge is 0.462 e. The summed E-state index contributed by atoms with van der Waals surface area (Å²) in [5, 5.41) is 5.26. The minimum Gasteiger partial charge on any atom is -0.462 e. The molecule has 0 spiro atoms. The Morgan fingerprint density at radius 3 is 0.731 bits per heavy atom. The van der Waals surface area contributed by atoms with Crippen molar-refractivity contribution in [1.29, 1.82) is 0 Å². The van der Waals surface area contributed by atoms with Crippen molar-refractivity contribution in [3.63, 3.8) is 0 Å². The summed E-state index contributed by atoms with van der Waals surface area (Å²) in [6.45, 7) is 6.28. The Bertz CT molecular complexity index is 1960. The lowest BCUT2D eigenvalue weighted by Crippen LogP contribution is -2.30. The van der Waals surface area contributed by atoms with E-state index < -0.39 is 64.9 Å². The molecule has 104 heavy (non-hydrogen) atoms. The predicted octanol–water partition coefficient (Wildman–Crippen LogP) is 22.5. The van der Waals surface area contributed by atoms with E-state index in [0.717, 1.165) is 77.0 Å². The van der Waals surface area contributed by atoms with E-state index in [1.165, 1.54) is 253 Å². The van der Waals surface area contributed by atoms with E-state index in [0.29, 0.717) is 37.2 Å². The number of carbonyl (C=O) groups excluding carboxylic acids is 6. The number of phosphoric acid groups is 2. The van der Waals surface area contributed by atoms with Crippen molar-refractivity contribution in [1.82, 2.24) is 10.6 Å². The molecule has 0 aliphatic carbocycles. The first-order chi connectivity index (χ1) is 50.6. The van der Waals surface area contributed by atoms with Crippen molar-refractivity contribution in [2.45, 2.75) is 412 Å². The van der Waals surface area contributed by atoms with Crippen LogP contribution >= 0.6 is 37.2 Å². The van der Waals surface area contributed by atoms with E-state index in [1.54, 1.807) is 0 Å². The zero-order valence-corrected chi connectivity index (χ0v) is 69.8. The van der Waals surface area contributed by atoms with Crippen molar-refractivity contribution in [3.8, 4) is 0 Å². The van der Waals surface area contributed by atoms with E-state index in [2.05, 4.69) is 38.3 Å². The Labute approximate surface area is 641 Å². The van der Waals surface area contributed by atoms with Crippen LogP contribution < -0.4 is 10.6 Å². The predicted molar refractivity (Wildman–Crippen MR) is 427 cm³/mol. The minimum absolute atomic E-state index is 0.0904. The summed E-state index contributed by atoms with van der Waals surface area (Å²) in [5.41, 5.74) is 0. The van der Waals surface area contributed by atoms with Crippen LogP contribution in [0.15, 0.2) is 0 Å². The third-order valence-electron chi connectivity index (χ3n) is 18.5. The Morgan fingerprint density at radius 1 is 0.288 bits per heavy atom. The summed E-state index contributed by atoms with van der Waals surface area (Å²) < 4.78 is 68.5. The Hall–Kier alpha value is -2.26. The minimum atomic E-state index is -4.67. The number of esters is 4. The summed E-state index contributed by atoms with van der Waals surface area (Å²) >= 11 is 0. The number of ether oxygens (including phenoxy) is 4. The highest BCUT2D eigenvalue weighted by molar-refractivity contribution is 8.76. The van der Waals surface area contributed by atoms with Gasteiger partial charge in [0, 0.05) is 63.1 Å². The van der Waals surface area contributed by atoms with Crippen LogP contribution in [0.1, 0.15) is 400 Å². The van der Waals surface area contributed by atoms with Crippen molar-refractivity contribution in [3.05, 3.63) is 0 Å². The van der Waals surface area contributed by atoms with Crippen LogP contribution in [0.3, 0.4) is 0 Å². The molecule has 0 rings (SSSR count). The quantitative estimate of drug-likeness (QED) is 0.0145. The lowest BCUT2D eigenvalue weighted by atomic mass is 10.0. The Morgan fingerprint density at radius 2 is 0.500 bits per heavy atom. The molecule has 0 aliphatic rings. The normalized spacial score (nSPS) is 13.2. The van der Waals surface area contributed by atoms with Crippen LogP contribution in [0, 0.1) is 0 Å². The van der Waals surface area contributed by atoms with E-state index in [-0.39, 0.29) is 89.9 Å². The summed E-state index contributed by atoms with van der Waals surface area (Å²) in [6, 6.07) is 0. The maximum Gasteiger partial charge on any atom is 0.472 e. The van der Waals surface area contributed by atoms with Gasteiger partial charge in [0.2, 0.25) is 11.8 Å². The number of rotatable bonds is 83. The summed E-state index contributed by atoms with van der Waals surface area (Å²) in [5.74, 6) is -1.75. The van der Waals surface area contributed by atoms with E-state index in [4.69, 9.17) is 37.0 Å². The van der Waals surface area contributed by atoms with Crippen molar-refractivity contribution in [2.24, 2.45) is 0 Å². The van der Waals surface area contributed by atoms with Gasteiger partial charge in [-0.15, -0.1) is 0 Å². The van der Waals surface area contributed by atoms with Crippen molar-refractivity contribution < 1.29 is 84.7 Å². The number of amides is 2. The third-order valence-corrected chi connectivity index (χ3v) is 22.9. The highest BCUT2D eigenvalue weighted by Crippen LogP contribution is 2.44. The van der Waals surface area contributed by atoms with Gasteiger partial charge in [-0.3, -0.25) is 46.9 Å². The molecule has 24 heteroatoms. The van der Waals surface area contributed by atoms with Gasteiger partial charge in [0.25, 0.3) is 0 Å². The number of carbonyl (C=O) groups is 6. The number of hydrogen-bond donors (Lipinski definition) is 4. The van der Waals surface area contributed by atoms with Gasteiger partial charge in [-0.2, -0.15) is 0 Å². The summed E-state index contributed by atoms with van der Waals surface area (Å²) in [6.07, 6.45) is 59.8. The summed E-state index contributed by atoms with van der Waals surface area (Å²) in [7, 11) is -6.58. The molecule has 2 amide bonds. The van der Waals surface area contributed by atoms with Crippen LogP contribution in [0.25, 0.3) is 0 Å². The molecule has 0 saturated carbocycles. The fourth-order valence-corrected chi connectivity index (χ4v) is 15.6. The lowest BCUT2D eigenvalue weighted by molar-refractivity contribution is -0.161. The highest BCUT2D eigenvalue weighted by atomic mass is 33.1. The first-order valence-electron chi connectivity index (χ1n) is 42.3. The first-order valence-corrected chi connectivity index (χ1v) is 47.8. The zero-order valence-electron chi connectivity index (χ0n) is 66.4. The van der Waals surface area contributed by atoms with Gasteiger partial charge in [-0.25, -0.2) is 9.13 Å². The first kappa shape index (κ1) is 102. The second kappa shape index (κ2) is 77.5. The molecule has 0 radical (unpaired) electrons. The molecule has 0 aliphatic heterocycles. The molecule has 0 fully saturated rings. The molecule has 4 atom stereocenters. The molecule has 0 heterocycles. The lowest BCUT2D eigenvalue weighted by Gasteiger charge is -2.20. The van der Waals surface area contributed by atoms with Crippen molar-refractivity contribution in [2.75, 3.05) is 64.2 Å². The molecule has 0 bridgehead atoms. The number of hydrogen-bond acceptors (Lipinski definition) is 18. The van der Waals surface area contributed by atoms with E-state index in [1.807, 2.05) is 0 Å². The van der Waals surface area contributed by atoms with Gasteiger partial charge in [0.05, 0.1) is 26.4 Å². The standard InChI is InChI=1S/C80H154N2O18P2S2/c1-5-9-13-17-21-25-29-31-33-35-39-43-47-51-55-59-79(87)99-73(69-93-77(85)57-53-49-45-41-37-27-23-19-15-11-7-3)71-97-101(89,90)95-65-63-81-75(83)61-67-103-104-68-62-76(84)82-64-66-96-102(91,92)98-72-74(70-94-78(86)58-54-50-46-42-38-28-24-20-16-12-8-4)100-80(88)60-56-52-48-44-40-36-34-32-30-26-22-18-14-10-6-2/h73-74H,5-72H2,1-4H3,(H,81,83)(H,82,84)(H,89,90)(H,91,92)/t73-,74-/m1/s1. The monoisotopic (exact) mass is 1560 g/mol. The van der Waals surface area contributed by atoms with Gasteiger partial charge in [-0.1, -0.05) is 357 Å². The summed E-state index contributed by atoms with van der Waals surface area (Å²) in [4.78, 5) is 97.4. The van der Waals surface area contributed by atoms with Gasteiger partial charge in [0.15, 0.2) is 12.2 Å². The van der Waals surface area contributed by atoms with Crippen LogP contribution in [0.5, 0.6) is 0 Å². The number of nitrogens with one attached hydrogen (secondary N) is 2. The molecular formula is C80H154N2O18P2S2. The molecular weight excluding hydrogens is 1400 g/mol. The molecule has 0 saturated heterocycles. The average molecular weight is 1560 g/mol. The number of phosphoric ester groups is 2. The largest absolute Gasteiger partial charge is 0.472 e. The molecule has 0 aromatic rings. The molecule has 20 nitrogen and oxygen atoms in total. The molecule has 614 valence electrons. The van der Waals surface area contributed by atoms with Crippen LogP contribution in [-0.2, 0) is 74.9 Å². The molecule has 4 N–H and O–H groups in total. The highest BCUT2D eigenvalue weighted by Gasteiger charge is 2.28. The number of unbranched alkanes of at least 4 members (excludes halogenated alkanes) is 48. The maximum atomic E-state index is 12.9. The SMILES string of the molecule is CCCCCCCCCCCCCCCCCC(=O)O[C@H](COC(=O)CCCCCCCCCCCCC)COP(=O)(O)OCCNC(=O)CCSSCCC(=O)NCCOP(=O)(O)OC[C@@H](COC(=O)CCCCCCCCCCCCC)OC(=O)CCCCCCCCCCCCCCCCC. The molecule has 0 aromatic carbocycles. The zero-order chi connectivity index (χ0) is 76.2. The van der Waals surface area contributed by atoms with E-state index >= 15 is 0 Å². The van der Waals surface area contributed by atoms with Crippen LogP contribution in [-0.4, -0.2) is 122 Å². The Kier molecular flexibility index (Phi) is 75.8. The van der Waals surface area contributed by atoms with E-state index in [9.17, 15) is 47.7 Å². The molecule has 0 aromatic heterocycles. The topological polar surface area (TPSA) is 275 Å². The van der Waals surface area contributed by atoms with Gasteiger partial charge < -0.3 is 39.4 Å². The van der Waals surface area contributed by atoms with Gasteiger partial charge >= 0.3 is 39.5 Å². The van der Waals surface area contributed by atoms with Gasteiger partial charge in [-0.05, 0) is 25.7 Å². The molecule has 2 unspecified atom stereocenters.